The summed E-state index contributed by atoms with van der Waals surface area (Å²) < 4.78 is 182. The van der Waals surface area contributed by atoms with E-state index in [9.17, 15) is 111 Å². The van der Waals surface area contributed by atoms with Gasteiger partial charge in [-0.2, -0.15) is 0 Å². The van der Waals surface area contributed by atoms with E-state index in [-0.39, 0.29) is 14.7 Å². The van der Waals surface area contributed by atoms with Crippen LogP contribution in [0.25, 0.3) is 0 Å². The number of phosphoric acid groups is 4. The molecular weight excluding hydrogens is 1420 g/mol. The summed E-state index contributed by atoms with van der Waals surface area (Å²) in [5.41, 5.74) is -10.8. The van der Waals surface area contributed by atoms with Gasteiger partial charge >= 0.3 is 54.0 Å². The summed E-state index contributed by atoms with van der Waals surface area (Å²) in [6, 6.07) is 0. The van der Waals surface area contributed by atoms with E-state index in [4.69, 9.17) is 77.8 Å². The number of aromatic nitrogens is 8. The number of hydrogen-bond donors (Lipinski definition) is 20. The summed E-state index contributed by atoms with van der Waals surface area (Å²) in [4.78, 5) is 169. The molecule has 4 saturated heterocycles. The van der Waals surface area contributed by atoms with Crippen LogP contribution in [-0.4, -0.2) is 217 Å². The third-order valence-corrected chi connectivity index (χ3v) is 13.6. The maximum absolute atomic E-state index is 15.0. The van der Waals surface area contributed by atoms with Crippen molar-refractivity contribution in [3.8, 4) is 49.4 Å². The zero-order valence-corrected chi connectivity index (χ0v) is 49.8. The summed E-state index contributed by atoms with van der Waals surface area (Å²) in [6.07, 6.45) is -7.40. The molecule has 4 aromatic heterocycles. The van der Waals surface area contributed by atoms with Crippen molar-refractivity contribution >= 4 is 31.3 Å². The molecule has 0 saturated carbocycles. The summed E-state index contributed by atoms with van der Waals surface area (Å²) in [6.45, 7) is -11.0. The van der Waals surface area contributed by atoms with Crippen molar-refractivity contribution in [3.63, 3.8) is 0 Å². The van der Waals surface area contributed by atoms with Gasteiger partial charge in [0.05, 0.1) is 8.22 Å². The minimum Gasteiger partial charge on any atom is -0.385 e. The quantitative estimate of drug-likeness (QED) is 0.0281. The number of alkyl halides is 4. The van der Waals surface area contributed by atoms with Crippen molar-refractivity contribution in [2.24, 2.45) is 0 Å². The smallest absolute Gasteiger partial charge is 0.385 e. The number of halogens is 4. The summed E-state index contributed by atoms with van der Waals surface area (Å²) in [7, 11) is -21.5. The van der Waals surface area contributed by atoms with Gasteiger partial charge < -0.3 is 98.9 Å². The van der Waals surface area contributed by atoms with Crippen LogP contribution in [0.2, 0.25) is 0 Å². The normalized spacial score (nSPS) is 33.0. The van der Waals surface area contributed by atoms with Crippen molar-refractivity contribution in [1.82, 2.24) is 38.2 Å². The van der Waals surface area contributed by atoms with Gasteiger partial charge in [-0.3, -0.25) is 75.5 Å². The SMILES string of the molecule is C#Cc1cn([C@@H]2O[C@](F)(COP(=O)(O)O)[C@@H](O)[C@H]2O)c(=O)[nH]c1=O.[2H]C([2H])(OP(=O)(O)O)[C@@]1(F)O[C@@H](n2cc(C#C)c(=O)[nH]c2=O)[C@H](O)[C@@H]1O.[2H]C([2H])(OP(=O)(O)O)[C@@]1(F)O[C@@]([2H])(n2cc(C#C)c(=O)[nH]c2=O)[C@H](O)[C@@H]1O.[2H][C@@]1(n2cc(C#C)c(=O)[nH]c2=O)O[C@](F)(COP(=O)(O)O)[C@@H](O)[C@H]1O. The van der Waals surface area contributed by atoms with Crippen molar-refractivity contribution in [2.75, 3.05) is 26.3 Å². The van der Waals surface area contributed by atoms with Crippen LogP contribution < -0.4 is 45.0 Å². The van der Waals surface area contributed by atoms with Gasteiger partial charge in [-0.15, -0.1) is 25.7 Å². The molecule has 528 valence electrons. The van der Waals surface area contributed by atoms with Crippen LogP contribution in [0.4, 0.5) is 17.6 Å². The van der Waals surface area contributed by atoms with Gasteiger partial charge in [0.15, 0.2) is 24.9 Å². The van der Waals surface area contributed by atoms with Crippen LogP contribution >= 0.6 is 31.3 Å². The van der Waals surface area contributed by atoms with Gasteiger partial charge in [0.25, 0.3) is 45.7 Å². The average molecular weight is 1470 g/mol. The fourth-order valence-corrected chi connectivity index (χ4v) is 8.74. The molecule has 20 N–H and O–H groups in total. The monoisotopic (exact) mass is 1470 g/mol. The Hall–Kier alpha value is -7.36. The molecule has 4 fully saturated rings. The number of phosphoric ester groups is 4. The molecule has 0 aromatic carbocycles. The molecule has 4 aliphatic heterocycles. The molecule has 0 bridgehead atoms. The minimum absolute atomic E-state index is 0.0619. The zero-order valence-electron chi connectivity index (χ0n) is 52.2. The Morgan fingerprint density at radius 1 is 0.427 bits per heavy atom. The minimum atomic E-state index is -5.66. The lowest BCUT2D eigenvalue weighted by Crippen LogP contribution is -2.43. The van der Waals surface area contributed by atoms with E-state index >= 15 is 4.39 Å². The molecule has 0 unspecified atom stereocenters. The Morgan fingerprint density at radius 2 is 0.656 bits per heavy atom. The lowest BCUT2D eigenvalue weighted by molar-refractivity contribution is -0.205. The third-order valence-electron chi connectivity index (χ3n) is 12.0. The highest BCUT2D eigenvalue weighted by molar-refractivity contribution is 7.47. The van der Waals surface area contributed by atoms with Gasteiger partial charge in [-0.25, -0.2) is 55.0 Å². The first-order valence-corrected chi connectivity index (χ1v) is 30.5. The second-order valence-electron chi connectivity index (χ2n) is 18.6. The lowest BCUT2D eigenvalue weighted by Gasteiger charge is -2.22. The molecule has 0 amide bonds. The van der Waals surface area contributed by atoms with E-state index in [0.717, 1.165) is 6.20 Å². The van der Waals surface area contributed by atoms with Gasteiger partial charge in [0.1, 0.15) is 97.4 Å². The number of terminal acetylenes is 4. The number of aliphatic hydroxyl groups excluding tert-OH is 8. The number of nitrogens with one attached hydrogen (secondary N) is 4. The Morgan fingerprint density at radius 3 is 0.958 bits per heavy atom. The van der Waals surface area contributed by atoms with Crippen LogP contribution in [0.5, 0.6) is 0 Å². The number of ether oxygens (including phenoxy) is 4. The Balaban J connectivity index is 0.000000245. The highest BCUT2D eigenvalue weighted by Gasteiger charge is 2.61. The van der Waals surface area contributed by atoms with Gasteiger partial charge in [-0.1, -0.05) is 23.7 Å². The van der Waals surface area contributed by atoms with E-state index in [1.54, 1.807) is 15.0 Å². The number of nitrogens with zero attached hydrogens (tertiary/aromatic N) is 4. The van der Waals surface area contributed by atoms with Crippen LogP contribution in [-0.2, 0) is 55.3 Å². The van der Waals surface area contributed by atoms with E-state index in [1.807, 2.05) is 28.7 Å². The summed E-state index contributed by atoms with van der Waals surface area (Å²) >= 11 is 0. The third kappa shape index (κ3) is 18.6. The van der Waals surface area contributed by atoms with E-state index < -0.39 is 216 Å². The van der Waals surface area contributed by atoms with Crippen LogP contribution in [0.15, 0.2) is 63.1 Å². The number of hydrogen-bond acceptors (Lipinski definition) is 28. The fraction of sp³-hybridized carbons (Fsp3) is 0.455. The molecule has 0 radical (unpaired) electrons. The van der Waals surface area contributed by atoms with Crippen molar-refractivity contribution in [3.05, 3.63) is 130 Å². The number of aromatic amines is 4. The first-order chi connectivity index (χ1) is 46.1. The predicted molar refractivity (Wildman–Crippen MR) is 293 cm³/mol. The Kier molecular flexibility index (Phi) is 21.7. The summed E-state index contributed by atoms with van der Waals surface area (Å²) in [5.74, 6) is -7.33. The molecule has 44 nitrogen and oxygen atoms in total. The fourth-order valence-electron chi connectivity index (χ4n) is 7.56. The number of rotatable bonds is 16. The topological polar surface area (TPSA) is 685 Å². The van der Waals surface area contributed by atoms with Crippen LogP contribution in [0.3, 0.4) is 0 Å². The van der Waals surface area contributed by atoms with Crippen LogP contribution in [0.1, 0.15) is 55.3 Å². The van der Waals surface area contributed by atoms with E-state index in [1.165, 1.54) is 0 Å². The standard InChI is InChI=1S/4C11H12FN2O9P/c4*1-2-5-3-14(10(18)13-8(5)17)9-6(15)7(16)11(12,23-9)4-22-24(19,20)21/h4*1,3,6-7,9,15-16H,4H2,(H,13,17,18)(H2,19,20,21)/t4*6-,7+,9-,11-/m1111/s1/i4D2,9D;9D;4D2;. The van der Waals surface area contributed by atoms with Crippen molar-refractivity contribution < 1.29 is 161 Å². The number of H-pyrrole nitrogens is 4. The maximum atomic E-state index is 15.0. The molecule has 0 aliphatic carbocycles. The van der Waals surface area contributed by atoms with Gasteiger partial charge in [0, 0.05) is 24.8 Å². The Labute approximate surface area is 533 Å². The van der Waals surface area contributed by atoms with Gasteiger partial charge in [-0.05, 0) is 0 Å². The van der Waals surface area contributed by atoms with E-state index in [0.29, 0.717) is 27.7 Å². The molecular formula is C44H48F4N8O36P4. The highest BCUT2D eigenvalue weighted by Crippen LogP contribution is 2.47. The molecule has 8 rings (SSSR count). The molecule has 8 heterocycles. The zero-order chi connectivity index (χ0) is 78.6. The summed E-state index contributed by atoms with van der Waals surface area (Å²) in [5, 5.41) is 78.8. The molecule has 4 aliphatic rings. The molecule has 4 aromatic rings. The second kappa shape index (κ2) is 29.8. The molecule has 96 heavy (non-hydrogen) atoms. The lowest BCUT2D eigenvalue weighted by atomic mass is 10.1. The predicted octanol–water partition coefficient (Wildman–Crippen LogP) is -9.83. The van der Waals surface area contributed by atoms with Crippen molar-refractivity contribution in [1.29, 1.82) is 0 Å². The molecule has 52 heteroatoms. The van der Waals surface area contributed by atoms with Crippen molar-refractivity contribution in [2.45, 2.75) is 97.1 Å². The highest BCUT2D eigenvalue weighted by atomic mass is 31.2. The molecule has 16 atom stereocenters. The van der Waals surface area contributed by atoms with Crippen LogP contribution in [0, 0.1) is 49.4 Å². The van der Waals surface area contributed by atoms with E-state index in [2.05, 4.69) is 32.3 Å². The first-order valence-electron chi connectivity index (χ1n) is 27.3. The Bertz CT molecular complexity index is 4800. The second-order valence-corrected chi connectivity index (χ2v) is 23.5. The number of aliphatic hydroxyl groups is 8. The van der Waals surface area contributed by atoms with Gasteiger partial charge in [0.2, 0.25) is 0 Å². The largest absolute Gasteiger partial charge is 0.469 e. The molecule has 0 spiro atoms. The average Bonchev–Trinajstić information content (AvgIpc) is 1.51. The maximum Gasteiger partial charge on any atom is 0.469 e. The first kappa shape index (κ1) is 70.0.